The van der Waals surface area contributed by atoms with E-state index in [0.717, 1.165) is 18.2 Å². The number of anilines is 2. The van der Waals surface area contributed by atoms with E-state index in [1.54, 1.807) is 30.3 Å². The van der Waals surface area contributed by atoms with Gasteiger partial charge < -0.3 is 20.7 Å². The molecule has 2 rings (SSSR count). The zero-order valence-corrected chi connectivity index (χ0v) is 14.1. The molecule has 27 heavy (non-hydrogen) atoms. The maximum Gasteiger partial charge on any atom is 0.319 e. The molecule has 0 aromatic heterocycles. The number of ether oxygens (including phenoxy) is 1. The Morgan fingerprint density at radius 1 is 0.963 bits per heavy atom. The minimum absolute atomic E-state index is 0.00234. The van der Waals surface area contributed by atoms with E-state index in [1.807, 2.05) is 0 Å². The van der Waals surface area contributed by atoms with Crippen LogP contribution in [-0.2, 0) is 14.3 Å². The molecule has 0 bridgehead atoms. The topological polar surface area (TPSA) is 96.5 Å². The molecule has 0 saturated heterocycles. The van der Waals surface area contributed by atoms with Crippen LogP contribution in [0.3, 0.4) is 0 Å². The summed E-state index contributed by atoms with van der Waals surface area (Å²) in [7, 11) is 0. The minimum atomic E-state index is -0.817. The lowest BCUT2D eigenvalue weighted by atomic mass is 10.3. The molecule has 7 nitrogen and oxygen atoms in total. The first-order valence-electron chi connectivity index (χ1n) is 7.94. The normalized spacial score (nSPS) is 10.0. The summed E-state index contributed by atoms with van der Waals surface area (Å²) in [4.78, 5) is 34.8. The largest absolute Gasteiger partial charge is 0.456 e. The van der Waals surface area contributed by atoms with Gasteiger partial charge in [-0.2, -0.15) is 0 Å². The van der Waals surface area contributed by atoms with Crippen molar-refractivity contribution in [2.45, 2.75) is 6.42 Å². The first-order chi connectivity index (χ1) is 12.9. The van der Waals surface area contributed by atoms with E-state index in [1.165, 1.54) is 0 Å². The number of halogens is 2. The van der Waals surface area contributed by atoms with E-state index in [4.69, 9.17) is 4.74 Å². The second-order valence-corrected chi connectivity index (χ2v) is 5.33. The molecular weight excluding hydrogens is 360 g/mol. The van der Waals surface area contributed by atoms with Crippen LogP contribution >= 0.6 is 0 Å². The number of carbonyl (C=O) groups excluding carboxylic acids is 3. The Bertz CT molecular complexity index is 816. The number of hydrogen-bond acceptors (Lipinski definition) is 4. The van der Waals surface area contributed by atoms with E-state index in [9.17, 15) is 23.2 Å². The molecule has 2 aromatic rings. The van der Waals surface area contributed by atoms with Gasteiger partial charge in [0.1, 0.15) is 11.6 Å². The van der Waals surface area contributed by atoms with Crippen molar-refractivity contribution in [3.05, 3.63) is 60.2 Å². The lowest BCUT2D eigenvalue weighted by Crippen LogP contribution is -2.31. The quantitative estimate of drug-likeness (QED) is 0.647. The van der Waals surface area contributed by atoms with Gasteiger partial charge in [0.25, 0.3) is 5.91 Å². The number of amides is 3. The first kappa shape index (κ1) is 19.8. The third-order valence-electron chi connectivity index (χ3n) is 3.21. The molecule has 3 amide bonds. The highest BCUT2D eigenvalue weighted by atomic mass is 19.1. The van der Waals surface area contributed by atoms with Crippen LogP contribution < -0.4 is 16.0 Å². The SMILES string of the molecule is O=C(COC(=O)CCNC(=O)Nc1ccccc1)Nc1cc(F)ccc1F. The van der Waals surface area contributed by atoms with Crippen molar-refractivity contribution in [2.24, 2.45) is 0 Å². The number of hydrogen-bond donors (Lipinski definition) is 3. The summed E-state index contributed by atoms with van der Waals surface area (Å²) in [6.07, 6.45) is -0.163. The summed E-state index contributed by atoms with van der Waals surface area (Å²) in [6.45, 7) is -0.664. The number of rotatable bonds is 7. The van der Waals surface area contributed by atoms with E-state index < -0.39 is 36.1 Å². The summed E-state index contributed by atoms with van der Waals surface area (Å²) in [5.41, 5.74) is 0.245. The van der Waals surface area contributed by atoms with Crippen LogP contribution in [0.2, 0.25) is 0 Å². The predicted octanol–water partition coefficient (Wildman–Crippen LogP) is 2.66. The monoisotopic (exact) mass is 377 g/mol. The van der Waals surface area contributed by atoms with E-state index >= 15 is 0 Å². The second-order valence-electron chi connectivity index (χ2n) is 5.33. The lowest BCUT2D eigenvalue weighted by molar-refractivity contribution is -0.147. The number of urea groups is 1. The molecule has 2 aromatic carbocycles. The van der Waals surface area contributed by atoms with Crippen LogP contribution in [0.4, 0.5) is 25.0 Å². The van der Waals surface area contributed by atoms with Crippen LogP contribution in [0, 0.1) is 11.6 Å². The first-order valence-corrected chi connectivity index (χ1v) is 7.94. The fourth-order valence-electron chi connectivity index (χ4n) is 1.97. The molecule has 0 aliphatic carbocycles. The highest BCUT2D eigenvalue weighted by molar-refractivity contribution is 5.93. The molecule has 0 fully saturated rings. The highest BCUT2D eigenvalue weighted by Crippen LogP contribution is 2.15. The predicted molar refractivity (Wildman–Crippen MR) is 94.0 cm³/mol. The molecule has 0 saturated carbocycles. The van der Waals surface area contributed by atoms with Gasteiger partial charge in [-0.25, -0.2) is 13.6 Å². The van der Waals surface area contributed by atoms with Crippen LogP contribution in [0.25, 0.3) is 0 Å². The van der Waals surface area contributed by atoms with E-state index in [-0.39, 0.29) is 18.7 Å². The Morgan fingerprint density at radius 3 is 2.44 bits per heavy atom. The van der Waals surface area contributed by atoms with Crippen LogP contribution in [0.1, 0.15) is 6.42 Å². The number of esters is 1. The third kappa shape index (κ3) is 7.10. The van der Waals surface area contributed by atoms with Crippen molar-refractivity contribution in [1.29, 1.82) is 0 Å². The second kappa shape index (κ2) is 9.85. The van der Waals surface area contributed by atoms with Gasteiger partial charge >= 0.3 is 12.0 Å². The molecule has 0 unspecified atom stereocenters. The molecule has 0 atom stereocenters. The fourth-order valence-corrected chi connectivity index (χ4v) is 1.97. The van der Waals surface area contributed by atoms with Gasteiger partial charge in [0.15, 0.2) is 6.61 Å². The summed E-state index contributed by atoms with van der Waals surface area (Å²) < 4.78 is 31.1. The van der Waals surface area contributed by atoms with E-state index in [2.05, 4.69) is 16.0 Å². The summed E-state index contributed by atoms with van der Waals surface area (Å²) in [6, 6.07) is 10.8. The van der Waals surface area contributed by atoms with Crippen molar-refractivity contribution in [3.8, 4) is 0 Å². The smallest absolute Gasteiger partial charge is 0.319 e. The number of nitrogens with one attached hydrogen (secondary N) is 3. The molecule has 0 spiro atoms. The van der Waals surface area contributed by atoms with E-state index in [0.29, 0.717) is 5.69 Å². The molecule has 0 radical (unpaired) electrons. The van der Waals surface area contributed by atoms with Crippen molar-refractivity contribution < 1.29 is 27.9 Å². The molecule has 142 valence electrons. The summed E-state index contributed by atoms with van der Waals surface area (Å²) >= 11 is 0. The Labute approximate surface area is 153 Å². The molecule has 0 aliphatic heterocycles. The fraction of sp³-hybridized carbons (Fsp3) is 0.167. The van der Waals surface area contributed by atoms with Crippen molar-refractivity contribution in [2.75, 3.05) is 23.8 Å². The Hall–Kier alpha value is -3.49. The number of carbonyl (C=O) groups is 3. The van der Waals surface area contributed by atoms with Gasteiger partial charge in [0.2, 0.25) is 0 Å². The molecule has 0 heterocycles. The Balaban J connectivity index is 1.65. The van der Waals surface area contributed by atoms with Gasteiger partial charge in [-0.15, -0.1) is 0 Å². The van der Waals surface area contributed by atoms with Gasteiger partial charge in [-0.3, -0.25) is 9.59 Å². The van der Waals surface area contributed by atoms with Crippen molar-refractivity contribution >= 4 is 29.3 Å². The van der Waals surface area contributed by atoms with Crippen LogP contribution in [-0.4, -0.2) is 31.1 Å². The van der Waals surface area contributed by atoms with Gasteiger partial charge in [-0.05, 0) is 24.3 Å². The highest BCUT2D eigenvalue weighted by Gasteiger charge is 2.11. The standard InChI is InChI=1S/C18H17F2N3O4/c19-12-6-7-14(20)15(10-12)23-16(24)11-27-17(25)8-9-21-18(26)22-13-4-2-1-3-5-13/h1-7,10H,8-9,11H2,(H,23,24)(H2,21,22,26). The molecule has 3 N–H and O–H groups in total. The maximum absolute atomic E-state index is 13.4. The van der Waals surface area contributed by atoms with Crippen LogP contribution in [0.5, 0.6) is 0 Å². The lowest BCUT2D eigenvalue weighted by Gasteiger charge is -2.09. The van der Waals surface area contributed by atoms with Crippen molar-refractivity contribution in [1.82, 2.24) is 5.32 Å². The summed E-state index contributed by atoms with van der Waals surface area (Å²) in [5, 5.41) is 7.13. The maximum atomic E-state index is 13.4. The van der Waals surface area contributed by atoms with Gasteiger partial charge in [-0.1, -0.05) is 18.2 Å². The average Bonchev–Trinajstić information content (AvgIpc) is 2.64. The summed E-state index contributed by atoms with van der Waals surface area (Å²) in [5.74, 6) is -3.08. The Kier molecular flexibility index (Phi) is 7.24. The third-order valence-corrected chi connectivity index (χ3v) is 3.21. The zero-order chi connectivity index (χ0) is 19.6. The number of benzene rings is 2. The Morgan fingerprint density at radius 2 is 1.70 bits per heavy atom. The molecule has 0 aliphatic rings. The molecular formula is C18H17F2N3O4. The number of para-hydroxylation sites is 1. The average molecular weight is 377 g/mol. The van der Waals surface area contributed by atoms with Gasteiger partial charge in [0, 0.05) is 18.3 Å². The van der Waals surface area contributed by atoms with Gasteiger partial charge in [0.05, 0.1) is 12.1 Å². The van der Waals surface area contributed by atoms with Crippen molar-refractivity contribution in [3.63, 3.8) is 0 Å². The molecule has 9 heteroatoms. The minimum Gasteiger partial charge on any atom is -0.456 e. The zero-order valence-electron chi connectivity index (χ0n) is 14.1. The van der Waals surface area contributed by atoms with Crippen LogP contribution in [0.15, 0.2) is 48.5 Å².